The fourth-order valence-electron chi connectivity index (χ4n) is 2.61. The third-order valence-electron chi connectivity index (χ3n) is 3.87. The molecule has 0 aromatic rings. The smallest absolute Gasteiger partial charge is 0.234 e. The fraction of sp³-hybridized carbons (Fsp3) is 0.818. The van der Waals surface area contributed by atoms with Gasteiger partial charge in [0.15, 0.2) is 5.84 Å². The van der Waals surface area contributed by atoms with E-state index in [1.54, 1.807) is 0 Å². The fourth-order valence-corrected chi connectivity index (χ4v) is 2.61. The van der Waals surface area contributed by atoms with Gasteiger partial charge in [0.2, 0.25) is 5.91 Å². The van der Waals surface area contributed by atoms with Crippen LogP contribution in [0.3, 0.4) is 0 Å². The highest BCUT2D eigenvalue weighted by Crippen LogP contribution is 2.46. The summed E-state index contributed by atoms with van der Waals surface area (Å²) in [7, 11) is 0. The SMILES string of the molecule is CC1CC(C(=O)NC2CCC2)(C(N)=NO)C1. The van der Waals surface area contributed by atoms with Crippen LogP contribution < -0.4 is 11.1 Å². The lowest BCUT2D eigenvalue weighted by molar-refractivity contribution is -0.134. The van der Waals surface area contributed by atoms with E-state index in [0.29, 0.717) is 24.8 Å². The van der Waals surface area contributed by atoms with Crippen molar-refractivity contribution in [2.24, 2.45) is 22.2 Å². The number of hydrogen-bond acceptors (Lipinski definition) is 3. The van der Waals surface area contributed by atoms with Gasteiger partial charge in [0.05, 0.1) is 0 Å². The molecule has 0 bridgehead atoms. The summed E-state index contributed by atoms with van der Waals surface area (Å²) in [5.41, 5.74) is 4.90. The highest BCUT2D eigenvalue weighted by Gasteiger charge is 2.52. The van der Waals surface area contributed by atoms with Crippen LogP contribution in [0.2, 0.25) is 0 Å². The molecule has 2 aliphatic carbocycles. The Hall–Kier alpha value is -1.26. The Morgan fingerprint density at radius 3 is 2.50 bits per heavy atom. The Kier molecular flexibility index (Phi) is 2.78. The van der Waals surface area contributed by atoms with Gasteiger partial charge >= 0.3 is 0 Å². The standard InChI is InChI=1S/C11H19N3O2/c1-7-5-11(6-7,9(12)14-16)10(15)13-8-3-2-4-8/h7-8,16H,2-6H2,1H3,(H2,12,14)(H,13,15). The molecule has 0 unspecified atom stereocenters. The first-order valence-corrected chi connectivity index (χ1v) is 5.87. The van der Waals surface area contributed by atoms with Crippen molar-refractivity contribution in [1.29, 1.82) is 0 Å². The van der Waals surface area contributed by atoms with Crippen molar-refractivity contribution in [3.8, 4) is 0 Å². The molecular weight excluding hydrogens is 206 g/mol. The summed E-state index contributed by atoms with van der Waals surface area (Å²) in [6.07, 6.45) is 4.64. The quantitative estimate of drug-likeness (QED) is 0.287. The number of nitrogens with zero attached hydrogens (tertiary/aromatic N) is 1. The van der Waals surface area contributed by atoms with Crippen molar-refractivity contribution >= 4 is 11.7 Å². The van der Waals surface area contributed by atoms with Gasteiger partial charge in [-0.1, -0.05) is 12.1 Å². The average Bonchev–Trinajstić information content (AvgIpc) is 2.16. The summed E-state index contributed by atoms with van der Waals surface area (Å²) >= 11 is 0. The maximum absolute atomic E-state index is 12.1. The van der Waals surface area contributed by atoms with E-state index in [-0.39, 0.29) is 11.7 Å². The second-order valence-electron chi connectivity index (χ2n) is 5.18. The van der Waals surface area contributed by atoms with E-state index in [0.717, 1.165) is 12.8 Å². The molecule has 0 atom stereocenters. The molecule has 0 aromatic heterocycles. The van der Waals surface area contributed by atoms with Crippen molar-refractivity contribution in [3.63, 3.8) is 0 Å². The van der Waals surface area contributed by atoms with E-state index < -0.39 is 5.41 Å². The van der Waals surface area contributed by atoms with E-state index in [9.17, 15) is 4.79 Å². The van der Waals surface area contributed by atoms with Crippen molar-refractivity contribution in [3.05, 3.63) is 0 Å². The molecule has 0 heterocycles. The monoisotopic (exact) mass is 225 g/mol. The Labute approximate surface area is 95.1 Å². The second kappa shape index (κ2) is 3.96. The van der Waals surface area contributed by atoms with Crippen molar-refractivity contribution in [1.82, 2.24) is 5.32 Å². The first-order valence-electron chi connectivity index (χ1n) is 5.87. The van der Waals surface area contributed by atoms with Crippen LogP contribution >= 0.6 is 0 Å². The molecule has 2 rings (SSSR count). The van der Waals surface area contributed by atoms with Crippen LogP contribution in [-0.2, 0) is 4.79 Å². The third-order valence-corrected chi connectivity index (χ3v) is 3.87. The Morgan fingerprint density at radius 1 is 1.50 bits per heavy atom. The Bertz CT molecular complexity index is 317. The molecule has 90 valence electrons. The summed E-state index contributed by atoms with van der Waals surface area (Å²) in [6.45, 7) is 2.07. The molecule has 0 spiro atoms. The number of amides is 1. The van der Waals surface area contributed by atoms with Crippen LogP contribution in [0.15, 0.2) is 5.16 Å². The lowest BCUT2D eigenvalue weighted by Crippen LogP contribution is -2.59. The predicted octanol–water partition coefficient (Wildman–Crippen LogP) is 0.818. The molecule has 2 fully saturated rings. The normalized spacial score (nSPS) is 35.1. The number of amidine groups is 1. The van der Waals surface area contributed by atoms with Crippen LogP contribution in [0.1, 0.15) is 39.0 Å². The number of oxime groups is 1. The van der Waals surface area contributed by atoms with Gasteiger partial charge in [-0.3, -0.25) is 4.79 Å². The van der Waals surface area contributed by atoms with Gasteiger partial charge < -0.3 is 16.3 Å². The molecule has 0 radical (unpaired) electrons. The lowest BCUT2D eigenvalue weighted by atomic mass is 9.61. The summed E-state index contributed by atoms with van der Waals surface area (Å²) in [4.78, 5) is 12.1. The van der Waals surface area contributed by atoms with E-state index in [4.69, 9.17) is 10.9 Å². The molecular formula is C11H19N3O2. The summed E-state index contributed by atoms with van der Waals surface area (Å²) in [5, 5.41) is 14.8. The summed E-state index contributed by atoms with van der Waals surface area (Å²) in [6, 6.07) is 0.298. The van der Waals surface area contributed by atoms with E-state index in [1.807, 2.05) is 0 Å². The number of hydrogen-bond donors (Lipinski definition) is 3. The minimum Gasteiger partial charge on any atom is -0.409 e. The van der Waals surface area contributed by atoms with Crippen molar-refractivity contribution < 1.29 is 10.0 Å². The Balaban J connectivity index is 2.04. The first kappa shape index (κ1) is 11.2. The molecule has 5 heteroatoms. The molecule has 1 amide bonds. The zero-order chi connectivity index (χ0) is 11.8. The van der Waals surface area contributed by atoms with E-state index in [2.05, 4.69) is 17.4 Å². The maximum Gasteiger partial charge on any atom is 0.234 e. The van der Waals surface area contributed by atoms with Crippen LogP contribution in [0.4, 0.5) is 0 Å². The van der Waals surface area contributed by atoms with Gasteiger partial charge in [0.25, 0.3) is 0 Å². The van der Waals surface area contributed by atoms with E-state index in [1.165, 1.54) is 6.42 Å². The zero-order valence-electron chi connectivity index (χ0n) is 9.57. The van der Waals surface area contributed by atoms with Gasteiger partial charge in [-0.2, -0.15) is 0 Å². The van der Waals surface area contributed by atoms with Crippen molar-refractivity contribution in [2.45, 2.75) is 45.1 Å². The van der Waals surface area contributed by atoms with Gasteiger partial charge in [-0.25, -0.2) is 0 Å². The first-order chi connectivity index (χ1) is 7.58. The highest BCUT2D eigenvalue weighted by atomic mass is 16.4. The molecule has 16 heavy (non-hydrogen) atoms. The van der Waals surface area contributed by atoms with Crippen LogP contribution in [-0.4, -0.2) is 23.0 Å². The summed E-state index contributed by atoms with van der Waals surface area (Å²) in [5.74, 6) is 0.459. The molecule has 0 aliphatic heterocycles. The largest absolute Gasteiger partial charge is 0.409 e. The number of nitrogens with two attached hydrogens (primary N) is 1. The molecule has 0 saturated heterocycles. The molecule has 0 aromatic carbocycles. The molecule has 2 saturated carbocycles. The van der Waals surface area contributed by atoms with Gasteiger partial charge in [0.1, 0.15) is 5.41 Å². The van der Waals surface area contributed by atoms with Crippen molar-refractivity contribution in [2.75, 3.05) is 0 Å². The minimum atomic E-state index is -0.746. The number of carbonyl (C=O) groups excluding carboxylic acids is 1. The summed E-state index contributed by atoms with van der Waals surface area (Å²) < 4.78 is 0. The van der Waals surface area contributed by atoms with Crippen LogP contribution in [0.25, 0.3) is 0 Å². The van der Waals surface area contributed by atoms with Gasteiger partial charge in [-0.05, 0) is 38.0 Å². The van der Waals surface area contributed by atoms with Gasteiger partial charge in [0, 0.05) is 6.04 Å². The lowest BCUT2D eigenvalue weighted by Gasteiger charge is -2.45. The highest BCUT2D eigenvalue weighted by molar-refractivity contribution is 6.07. The minimum absolute atomic E-state index is 0.0578. The number of carbonyl (C=O) groups is 1. The molecule has 2 aliphatic rings. The molecule has 4 N–H and O–H groups in total. The van der Waals surface area contributed by atoms with Gasteiger partial charge in [-0.15, -0.1) is 0 Å². The molecule has 5 nitrogen and oxygen atoms in total. The Morgan fingerprint density at radius 2 is 2.12 bits per heavy atom. The third kappa shape index (κ3) is 1.64. The van der Waals surface area contributed by atoms with Crippen LogP contribution in [0, 0.1) is 11.3 Å². The van der Waals surface area contributed by atoms with E-state index >= 15 is 0 Å². The zero-order valence-corrected chi connectivity index (χ0v) is 9.57. The maximum atomic E-state index is 12.1. The number of rotatable bonds is 3. The topological polar surface area (TPSA) is 87.7 Å². The van der Waals surface area contributed by atoms with Crippen LogP contribution in [0.5, 0.6) is 0 Å². The average molecular weight is 225 g/mol. The second-order valence-corrected chi connectivity index (χ2v) is 5.18. The number of nitrogens with one attached hydrogen (secondary N) is 1. The predicted molar refractivity (Wildman–Crippen MR) is 60.0 cm³/mol.